The van der Waals surface area contributed by atoms with Crippen LogP contribution in [0.5, 0.6) is 0 Å². The number of carbonyl (C=O) groups is 1. The van der Waals surface area contributed by atoms with Crippen LogP contribution in [0.4, 0.5) is 0 Å². The molecule has 0 saturated carbocycles. The molecule has 1 N–H and O–H groups in total. The maximum absolute atomic E-state index is 12.7. The quantitative estimate of drug-likeness (QED) is 0.698. The third-order valence-corrected chi connectivity index (χ3v) is 5.86. The number of benzene rings is 2. The predicted molar refractivity (Wildman–Crippen MR) is 103 cm³/mol. The van der Waals surface area contributed by atoms with Gasteiger partial charge in [-0.05, 0) is 30.2 Å². The van der Waals surface area contributed by atoms with E-state index < -0.39 is 16.1 Å². The Morgan fingerprint density at radius 1 is 1.08 bits per heavy atom. The van der Waals surface area contributed by atoms with Crippen LogP contribution >= 0.6 is 15.9 Å². The fourth-order valence-electron chi connectivity index (χ4n) is 2.45. The Balaban J connectivity index is 2.23. The number of rotatable bonds is 8. The van der Waals surface area contributed by atoms with Crippen molar-refractivity contribution < 1.29 is 13.2 Å². The predicted octanol–water partition coefficient (Wildman–Crippen LogP) is 3.95. The van der Waals surface area contributed by atoms with Gasteiger partial charge in [-0.25, -0.2) is 13.1 Å². The highest BCUT2D eigenvalue weighted by atomic mass is 79.9. The molecule has 6 heteroatoms. The van der Waals surface area contributed by atoms with E-state index in [-0.39, 0.29) is 23.0 Å². The van der Waals surface area contributed by atoms with Crippen molar-refractivity contribution in [1.82, 2.24) is 4.72 Å². The first-order chi connectivity index (χ1) is 11.8. The topological polar surface area (TPSA) is 63.2 Å². The molecule has 0 fully saturated rings. The molecule has 0 amide bonds. The lowest BCUT2D eigenvalue weighted by atomic mass is 9.97. The maximum atomic E-state index is 12.7. The van der Waals surface area contributed by atoms with Crippen molar-refractivity contribution >= 4 is 31.7 Å². The van der Waals surface area contributed by atoms with E-state index in [9.17, 15) is 13.2 Å². The van der Waals surface area contributed by atoms with Gasteiger partial charge in [0.2, 0.25) is 10.0 Å². The fraction of sp³-hybridized carbons (Fsp3) is 0.316. The highest BCUT2D eigenvalue weighted by Crippen LogP contribution is 2.18. The van der Waals surface area contributed by atoms with E-state index in [2.05, 4.69) is 20.7 Å². The van der Waals surface area contributed by atoms with Crippen LogP contribution in [0.1, 0.15) is 25.8 Å². The van der Waals surface area contributed by atoms with Crippen LogP contribution in [0, 0.1) is 5.92 Å². The van der Waals surface area contributed by atoms with Crippen LogP contribution in [0.25, 0.3) is 0 Å². The van der Waals surface area contributed by atoms with Crippen molar-refractivity contribution in [1.29, 1.82) is 0 Å². The molecule has 0 bridgehead atoms. The zero-order valence-corrected chi connectivity index (χ0v) is 16.7. The highest BCUT2D eigenvalue weighted by Gasteiger charge is 2.23. The van der Waals surface area contributed by atoms with Gasteiger partial charge in [0.05, 0.1) is 4.90 Å². The molecule has 134 valence electrons. The molecule has 2 rings (SSSR count). The van der Waals surface area contributed by atoms with Crippen LogP contribution in [0.2, 0.25) is 0 Å². The summed E-state index contributed by atoms with van der Waals surface area (Å²) in [5.41, 5.74) is 0.987. The minimum absolute atomic E-state index is 0.0397. The molecule has 0 unspecified atom stereocenters. The van der Waals surface area contributed by atoms with Gasteiger partial charge in [-0.2, -0.15) is 0 Å². The first-order valence-corrected chi connectivity index (χ1v) is 10.4. The molecule has 4 nitrogen and oxygen atoms in total. The summed E-state index contributed by atoms with van der Waals surface area (Å²) in [7, 11) is -3.71. The normalized spacial score (nSPS) is 13.0. The lowest BCUT2D eigenvalue weighted by molar-refractivity contribution is -0.122. The van der Waals surface area contributed by atoms with Gasteiger partial charge in [-0.15, -0.1) is 0 Å². The van der Waals surface area contributed by atoms with Crippen LogP contribution in [0.15, 0.2) is 64.0 Å². The standard InChI is InChI=1S/C19H22BrNO3S/c1-14(2)19(22)13-17(11-15-7-4-3-5-8-15)21-25(23,24)18-10-6-9-16(20)12-18/h3-10,12,14,17,21H,11,13H2,1-2H3/t17-/m0/s1. The largest absolute Gasteiger partial charge is 0.299 e. The summed E-state index contributed by atoms with van der Waals surface area (Å²) in [5.74, 6) is -0.0912. The second-order valence-corrected chi connectivity index (χ2v) is 8.92. The molecule has 0 aliphatic heterocycles. The van der Waals surface area contributed by atoms with E-state index in [4.69, 9.17) is 0 Å². The van der Waals surface area contributed by atoms with E-state index >= 15 is 0 Å². The first kappa shape index (κ1) is 19.8. The summed E-state index contributed by atoms with van der Waals surface area (Å²) in [5, 5.41) is 0. The Bertz CT molecular complexity index is 820. The third kappa shape index (κ3) is 6.06. The number of Topliss-reactive ketones (excluding diaryl/α,β-unsaturated/α-hetero) is 1. The third-order valence-electron chi connectivity index (χ3n) is 3.84. The summed E-state index contributed by atoms with van der Waals surface area (Å²) < 4.78 is 28.8. The Labute approximate surface area is 157 Å². The number of halogens is 1. The number of carbonyl (C=O) groups excluding carboxylic acids is 1. The number of ketones is 1. The average Bonchev–Trinajstić information content (AvgIpc) is 2.55. The van der Waals surface area contributed by atoms with Crippen molar-refractivity contribution in [2.75, 3.05) is 0 Å². The van der Waals surface area contributed by atoms with Crippen LogP contribution in [-0.2, 0) is 21.2 Å². The van der Waals surface area contributed by atoms with Crippen LogP contribution < -0.4 is 4.72 Å². The molecule has 0 aromatic heterocycles. The molecular formula is C19H22BrNO3S. The molecule has 1 atom stereocenters. The van der Waals surface area contributed by atoms with E-state index in [1.165, 1.54) is 6.07 Å². The minimum atomic E-state index is -3.71. The first-order valence-electron chi connectivity index (χ1n) is 8.12. The fourth-order valence-corrected chi connectivity index (χ4v) is 4.29. The van der Waals surface area contributed by atoms with Crippen molar-refractivity contribution in [2.24, 2.45) is 5.92 Å². The van der Waals surface area contributed by atoms with E-state index in [0.717, 1.165) is 5.56 Å². The SMILES string of the molecule is CC(C)C(=O)C[C@H](Cc1ccccc1)NS(=O)(=O)c1cccc(Br)c1. The van der Waals surface area contributed by atoms with Gasteiger partial charge in [0, 0.05) is 22.9 Å². The van der Waals surface area contributed by atoms with Gasteiger partial charge >= 0.3 is 0 Å². The zero-order valence-electron chi connectivity index (χ0n) is 14.3. The summed E-state index contributed by atoms with van der Waals surface area (Å²) in [6.45, 7) is 3.65. The summed E-state index contributed by atoms with van der Waals surface area (Å²) in [4.78, 5) is 12.4. The van der Waals surface area contributed by atoms with Crippen molar-refractivity contribution in [2.45, 2.75) is 37.6 Å². The van der Waals surface area contributed by atoms with Crippen molar-refractivity contribution in [3.63, 3.8) is 0 Å². The molecule has 2 aromatic carbocycles. The van der Waals surface area contributed by atoms with Gasteiger partial charge in [-0.1, -0.05) is 66.2 Å². The van der Waals surface area contributed by atoms with Crippen LogP contribution in [0.3, 0.4) is 0 Å². The smallest absolute Gasteiger partial charge is 0.240 e. The lowest BCUT2D eigenvalue weighted by Gasteiger charge is -2.19. The molecule has 0 aliphatic rings. The molecule has 0 saturated heterocycles. The second kappa shape index (κ2) is 8.74. The number of hydrogen-bond donors (Lipinski definition) is 1. The number of sulfonamides is 1. The van der Waals surface area contributed by atoms with Crippen molar-refractivity contribution in [3.8, 4) is 0 Å². The summed E-state index contributed by atoms with van der Waals surface area (Å²) in [6, 6.07) is 15.6. The minimum Gasteiger partial charge on any atom is -0.299 e. The molecule has 2 aromatic rings. The Hall–Kier alpha value is -1.50. The van der Waals surface area contributed by atoms with Gasteiger partial charge in [0.1, 0.15) is 5.78 Å². The summed E-state index contributed by atoms with van der Waals surface area (Å²) >= 11 is 3.29. The summed E-state index contributed by atoms with van der Waals surface area (Å²) in [6.07, 6.45) is 0.631. The van der Waals surface area contributed by atoms with Crippen molar-refractivity contribution in [3.05, 3.63) is 64.6 Å². The molecular weight excluding hydrogens is 402 g/mol. The molecule has 0 aliphatic carbocycles. The maximum Gasteiger partial charge on any atom is 0.240 e. The second-order valence-electron chi connectivity index (χ2n) is 6.29. The monoisotopic (exact) mass is 423 g/mol. The van der Waals surface area contributed by atoms with Gasteiger partial charge in [-0.3, -0.25) is 4.79 Å². The Morgan fingerprint density at radius 2 is 1.76 bits per heavy atom. The average molecular weight is 424 g/mol. The zero-order chi connectivity index (χ0) is 18.4. The molecule has 0 spiro atoms. The van der Waals surface area contributed by atoms with E-state index in [0.29, 0.717) is 10.9 Å². The Morgan fingerprint density at radius 3 is 2.36 bits per heavy atom. The lowest BCUT2D eigenvalue weighted by Crippen LogP contribution is -2.38. The van der Waals surface area contributed by atoms with Gasteiger partial charge in [0.15, 0.2) is 0 Å². The van der Waals surface area contributed by atoms with E-state index in [1.807, 2.05) is 44.2 Å². The van der Waals surface area contributed by atoms with Gasteiger partial charge < -0.3 is 0 Å². The highest BCUT2D eigenvalue weighted by molar-refractivity contribution is 9.10. The number of nitrogens with one attached hydrogen (secondary N) is 1. The molecule has 0 radical (unpaired) electrons. The van der Waals surface area contributed by atoms with E-state index in [1.54, 1.807) is 18.2 Å². The van der Waals surface area contributed by atoms with Gasteiger partial charge in [0.25, 0.3) is 0 Å². The number of hydrogen-bond acceptors (Lipinski definition) is 3. The molecule has 0 heterocycles. The van der Waals surface area contributed by atoms with Crippen LogP contribution in [-0.4, -0.2) is 20.2 Å². The Kier molecular flexibility index (Phi) is 6.93. The molecule has 25 heavy (non-hydrogen) atoms.